The lowest BCUT2D eigenvalue weighted by Crippen LogP contribution is -2.30. The van der Waals surface area contributed by atoms with E-state index in [9.17, 15) is 9.59 Å². The van der Waals surface area contributed by atoms with Crippen molar-refractivity contribution in [2.45, 2.75) is 32.5 Å². The maximum Gasteiger partial charge on any atom is 0.241 e. The largest absolute Gasteiger partial charge is 0.354 e. The third kappa shape index (κ3) is 3.94. The molecule has 0 saturated carbocycles. The highest BCUT2D eigenvalue weighted by molar-refractivity contribution is 7.99. The second-order valence-corrected chi connectivity index (χ2v) is 5.83. The van der Waals surface area contributed by atoms with Crippen molar-refractivity contribution in [1.29, 1.82) is 0 Å². The Kier molecular flexibility index (Phi) is 5.31. The van der Waals surface area contributed by atoms with Gasteiger partial charge in [-0.1, -0.05) is 11.8 Å². The number of carbonyl (C=O) groups excluding carboxylic acids is 2. The van der Waals surface area contributed by atoms with Crippen molar-refractivity contribution in [1.82, 2.24) is 30.3 Å². The molecule has 22 heavy (non-hydrogen) atoms. The van der Waals surface area contributed by atoms with Crippen LogP contribution in [0.15, 0.2) is 11.5 Å². The van der Waals surface area contributed by atoms with E-state index >= 15 is 0 Å². The third-order valence-electron chi connectivity index (χ3n) is 3.08. The average molecular weight is 322 g/mol. The van der Waals surface area contributed by atoms with E-state index < -0.39 is 0 Å². The first-order valence-electron chi connectivity index (χ1n) is 6.79. The number of nitrogens with zero attached hydrogens (tertiary/aromatic N) is 4. The van der Waals surface area contributed by atoms with Gasteiger partial charge in [0.25, 0.3) is 0 Å². The van der Waals surface area contributed by atoms with Crippen molar-refractivity contribution in [2.75, 3.05) is 12.3 Å². The van der Waals surface area contributed by atoms with Crippen LogP contribution in [-0.4, -0.2) is 48.9 Å². The fourth-order valence-electron chi connectivity index (χ4n) is 2.15. The van der Waals surface area contributed by atoms with Gasteiger partial charge in [0, 0.05) is 18.0 Å². The topological polar surface area (TPSA) is 106 Å². The van der Waals surface area contributed by atoms with E-state index in [-0.39, 0.29) is 18.2 Å². The van der Waals surface area contributed by atoms with E-state index in [1.807, 2.05) is 0 Å². The molecule has 0 fully saturated rings. The lowest BCUT2D eigenvalue weighted by molar-refractivity contribution is -0.121. The molecule has 0 atom stereocenters. The lowest BCUT2D eigenvalue weighted by atomic mass is 10.1. The van der Waals surface area contributed by atoms with Crippen LogP contribution in [0, 0.1) is 13.8 Å². The fourth-order valence-corrected chi connectivity index (χ4v) is 2.79. The van der Waals surface area contributed by atoms with Gasteiger partial charge in [0.05, 0.1) is 11.3 Å². The molecule has 0 saturated heterocycles. The fraction of sp³-hybridized carbons (Fsp3) is 0.462. The number of aromatic nitrogens is 5. The van der Waals surface area contributed by atoms with Gasteiger partial charge in [-0.3, -0.25) is 19.4 Å². The molecule has 0 bridgehead atoms. The molecule has 0 aliphatic heterocycles. The summed E-state index contributed by atoms with van der Waals surface area (Å²) >= 11 is 1.48. The summed E-state index contributed by atoms with van der Waals surface area (Å²) in [5, 5.41) is 14.3. The normalized spacial score (nSPS) is 10.7. The second-order valence-electron chi connectivity index (χ2n) is 4.75. The van der Waals surface area contributed by atoms with E-state index in [4.69, 9.17) is 0 Å². The van der Waals surface area contributed by atoms with Crippen LogP contribution in [0.1, 0.15) is 28.7 Å². The minimum Gasteiger partial charge on any atom is -0.354 e. The molecule has 0 aromatic carbocycles. The highest BCUT2D eigenvalue weighted by Gasteiger charge is 2.16. The number of carbonyl (C=O) groups is 2. The number of nitrogens with one attached hydrogen (secondary N) is 2. The van der Waals surface area contributed by atoms with Gasteiger partial charge in [0.15, 0.2) is 10.9 Å². The van der Waals surface area contributed by atoms with Crippen molar-refractivity contribution in [2.24, 2.45) is 0 Å². The van der Waals surface area contributed by atoms with Crippen LogP contribution in [0.5, 0.6) is 0 Å². The van der Waals surface area contributed by atoms with Crippen molar-refractivity contribution in [3.63, 3.8) is 0 Å². The van der Waals surface area contributed by atoms with E-state index in [2.05, 4.69) is 25.6 Å². The van der Waals surface area contributed by atoms with E-state index in [0.29, 0.717) is 23.6 Å². The second kappa shape index (κ2) is 7.21. The van der Waals surface area contributed by atoms with E-state index in [1.54, 1.807) is 18.5 Å². The minimum atomic E-state index is -0.140. The Hall–Kier alpha value is -2.16. The molecular weight excluding hydrogens is 304 g/mol. The molecule has 0 aliphatic carbocycles. The molecule has 9 heteroatoms. The van der Waals surface area contributed by atoms with Crippen LogP contribution in [0.3, 0.4) is 0 Å². The molecule has 2 N–H and O–H groups in total. The first-order chi connectivity index (χ1) is 10.5. The molecule has 8 nitrogen and oxygen atoms in total. The van der Waals surface area contributed by atoms with Gasteiger partial charge in [-0.25, -0.2) is 4.98 Å². The molecule has 1 amide bonds. The van der Waals surface area contributed by atoms with Gasteiger partial charge >= 0.3 is 0 Å². The van der Waals surface area contributed by atoms with Crippen LogP contribution in [0.2, 0.25) is 0 Å². The minimum absolute atomic E-state index is 0.0369. The van der Waals surface area contributed by atoms with Crippen LogP contribution >= 0.6 is 11.8 Å². The summed E-state index contributed by atoms with van der Waals surface area (Å²) in [6.07, 6.45) is 1.44. The summed E-state index contributed by atoms with van der Waals surface area (Å²) in [6.45, 7) is 5.69. The molecular formula is C13H18N6O2S. The lowest BCUT2D eigenvalue weighted by Gasteiger charge is -2.06. The Bertz CT molecular complexity index is 664. The number of aromatic amines is 1. The number of amides is 1. The highest BCUT2D eigenvalue weighted by atomic mass is 32.2. The van der Waals surface area contributed by atoms with Gasteiger partial charge in [-0.2, -0.15) is 10.2 Å². The Morgan fingerprint density at radius 2 is 2.18 bits per heavy atom. The zero-order chi connectivity index (χ0) is 16.1. The van der Waals surface area contributed by atoms with Gasteiger partial charge in [-0.15, -0.1) is 0 Å². The number of hydrogen-bond donors (Lipinski definition) is 2. The number of Topliss-reactive ketones (excluding diaryl/α,β-unsaturated/α-hetero) is 1. The average Bonchev–Trinajstić information content (AvgIpc) is 3.04. The SMILES string of the molecule is CC(=O)c1c(C)nn(CC(=O)NCCSc2ncn[nH]2)c1C. The first kappa shape index (κ1) is 16.2. The summed E-state index contributed by atoms with van der Waals surface area (Å²) in [5.41, 5.74) is 1.96. The zero-order valence-corrected chi connectivity index (χ0v) is 13.5. The van der Waals surface area contributed by atoms with E-state index in [1.165, 1.54) is 25.0 Å². The third-order valence-corrected chi connectivity index (χ3v) is 3.96. The molecule has 0 spiro atoms. The van der Waals surface area contributed by atoms with E-state index in [0.717, 1.165) is 10.9 Å². The Balaban J connectivity index is 1.82. The molecule has 2 aromatic heterocycles. The summed E-state index contributed by atoms with van der Waals surface area (Å²) < 4.78 is 1.56. The summed E-state index contributed by atoms with van der Waals surface area (Å²) in [4.78, 5) is 27.4. The molecule has 0 unspecified atom stereocenters. The molecule has 118 valence electrons. The number of rotatable bonds is 7. The number of H-pyrrole nitrogens is 1. The predicted molar refractivity (Wildman–Crippen MR) is 81.8 cm³/mol. The monoisotopic (exact) mass is 322 g/mol. The van der Waals surface area contributed by atoms with Crippen molar-refractivity contribution >= 4 is 23.5 Å². The standard InChI is InChI=1S/C13H18N6O2S/c1-8-12(10(3)20)9(2)19(18-8)6-11(21)14-4-5-22-13-15-7-16-17-13/h7H,4-6H2,1-3H3,(H,14,21)(H,15,16,17). The first-order valence-corrected chi connectivity index (χ1v) is 7.77. The molecule has 0 radical (unpaired) electrons. The van der Waals surface area contributed by atoms with Gasteiger partial charge < -0.3 is 5.32 Å². The summed E-state index contributed by atoms with van der Waals surface area (Å²) in [7, 11) is 0. The molecule has 2 aromatic rings. The van der Waals surface area contributed by atoms with Crippen molar-refractivity contribution in [3.05, 3.63) is 23.3 Å². The van der Waals surface area contributed by atoms with Crippen molar-refractivity contribution in [3.8, 4) is 0 Å². The Morgan fingerprint density at radius 3 is 2.77 bits per heavy atom. The Morgan fingerprint density at radius 1 is 1.41 bits per heavy atom. The zero-order valence-electron chi connectivity index (χ0n) is 12.7. The quantitative estimate of drug-likeness (QED) is 0.442. The van der Waals surface area contributed by atoms with Gasteiger partial charge in [-0.05, 0) is 20.8 Å². The Labute approximate surface area is 132 Å². The maximum absolute atomic E-state index is 11.9. The van der Waals surface area contributed by atoms with Crippen LogP contribution in [0.25, 0.3) is 0 Å². The van der Waals surface area contributed by atoms with Gasteiger partial charge in [0.1, 0.15) is 12.9 Å². The summed E-state index contributed by atoms with van der Waals surface area (Å²) in [6, 6.07) is 0. The number of thioether (sulfide) groups is 1. The predicted octanol–water partition coefficient (Wildman–Crippen LogP) is 0.729. The molecule has 0 aliphatic rings. The van der Waals surface area contributed by atoms with Gasteiger partial charge in [0.2, 0.25) is 5.91 Å². The number of aryl methyl sites for hydroxylation is 1. The number of ketones is 1. The maximum atomic E-state index is 11.9. The molecule has 2 heterocycles. The molecule has 2 rings (SSSR count). The van der Waals surface area contributed by atoms with Crippen molar-refractivity contribution < 1.29 is 9.59 Å². The van der Waals surface area contributed by atoms with Crippen LogP contribution in [-0.2, 0) is 11.3 Å². The smallest absolute Gasteiger partial charge is 0.241 e. The summed E-state index contributed by atoms with van der Waals surface area (Å²) in [5.74, 6) is 0.514. The van der Waals surface area contributed by atoms with Crippen LogP contribution in [0.4, 0.5) is 0 Å². The highest BCUT2D eigenvalue weighted by Crippen LogP contribution is 2.13. The number of hydrogen-bond acceptors (Lipinski definition) is 6. The van der Waals surface area contributed by atoms with Crippen LogP contribution < -0.4 is 5.32 Å².